The Morgan fingerprint density at radius 3 is 2.63 bits per heavy atom. The summed E-state index contributed by atoms with van der Waals surface area (Å²) in [6.07, 6.45) is 2.19. The Morgan fingerprint density at radius 2 is 1.93 bits per heavy atom. The maximum Gasteiger partial charge on any atom is 0.290 e. The van der Waals surface area contributed by atoms with Crippen molar-refractivity contribution in [2.45, 2.75) is 25.5 Å². The molecular weight excluding hydrogens is 346 g/mol. The molecule has 7 nitrogen and oxygen atoms in total. The van der Waals surface area contributed by atoms with Gasteiger partial charge in [-0.2, -0.15) is 0 Å². The molecule has 0 spiro atoms. The van der Waals surface area contributed by atoms with E-state index in [2.05, 4.69) is 10.2 Å². The molecule has 2 fully saturated rings. The van der Waals surface area contributed by atoms with E-state index in [9.17, 15) is 9.59 Å². The van der Waals surface area contributed by atoms with Gasteiger partial charge in [-0.05, 0) is 18.9 Å². The molecule has 0 atom stereocenters. The Labute approximate surface area is 158 Å². The molecule has 1 saturated heterocycles. The van der Waals surface area contributed by atoms with Crippen molar-refractivity contribution in [2.24, 2.45) is 0 Å². The van der Waals surface area contributed by atoms with Crippen LogP contribution in [0.1, 0.15) is 29.0 Å². The Morgan fingerprint density at radius 1 is 1.19 bits per heavy atom. The first-order valence-corrected chi connectivity index (χ1v) is 9.46. The standard InChI is InChI=1S/C20H25N3O4/c1-26-13-16-15-4-2-3-5-17(15)27-19(16)20(25)23-10-8-22(9-11-23)12-18(24)21-14-6-7-14/h2-5,14H,6-13H2,1H3,(H,21,24). The third kappa shape index (κ3) is 3.99. The van der Waals surface area contributed by atoms with Gasteiger partial charge in [-0.25, -0.2) is 0 Å². The highest BCUT2D eigenvalue weighted by Crippen LogP contribution is 2.28. The molecule has 2 heterocycles. The van der Waals surface area contributed by atoms with Gasteiger partial charge in [0, 0.05) is 50.3 Å². The van der Waals surface area contributed by atoms with Crippen molar-refractivity contribution in [2.75, 3.05) is 39.8 Å². The van der Waals surface area contributed by atoms with Crippen LogP contribution >= 0.6 is 0 Å². The maximum absolute atomic E-state index is 13.0. The number of ether oxygens (including phenoxy) is 1. The number of amides is 2. The molecule has 1 aliphatic carbocycles. The third-order valence-corrected chi connectivity index (χ3v) is 5.15. The van der Waals surface area contributed by atoms with Crippen molar-refractivity contribution in [3.05, 3.63) is 35.6 Å². The zero-order chi connectivity index (χ0) is 18.8. The van der Waals surface area contributed by atoms with Crippen LogP contribution < -0.4 is 5.32 Å². The molecule has 1 N–H and O–H groups in total. The SMILES string of the molecule is COCc1c(C(=O)N2CCN(CC(=O)NC3CC3)CC2)oc2ccccc12. The second kappa shape index (κ2) is 7.70. The summed E-state index contributed by atoms with van der Waals surface area (Å²) in [4.78, 5) is 28.9. The monoisotopic (exact) mass is 371 g/mol. The Bertz CT molecular complexity index is 835. The quantitative estimate of drug-likeness (QED) is 0.835. The lowest BCUT2D eigenvalue weighted by atomic mass is 10.1. The van der Waals surface area contributed by atoms with Crippen LogP contribution in [0.2, 0.25) is 0 Å². The van der Waals surface area contributed by atoms with Crippen molar-refractivity contribution in [3.63, 3.8) is 0 Å². The molecule has 27 heavy (non-hydrogen) atoms. The lowest BCUT2D eigenvalue weighted by Crippen LogP contribution is -2.51. The average molecular weight is 371 g/mol. The largest absolute Gasteiger partial charge is 0.451 e. The van der Waals surface area contributed by atoms with Crippen molar-refractivity contribution in [3.8, 4) is 0 Å². The molecule has 0 unspecified atom stereocenters. The Kier molecular flexibility index (Phi) is 5.13. The summed E-state index contributed by atoms with van der Waals surface area (Å²) in [5.41, 5.74) is 1.49. The highest BCUT2D eigenvalue weighted by atomic mass is 16.5. The van der Waals surface area contributed by atoms with Crippen molar-refractivity contribution < 1.29 is 18.7 Å². The Balaban J connectivity index is 1.41. The van der Waals surface area contributed by atoms with E-state index in [1.165, 1.54) is 0 Å². The highest BCUT2D eigenvalue weighted by Gasteiger charge is 2.29. The van der Waals surface area contributed by atoms with E-state index in [4.69, 9.17) is 9.15 Å². The number of nitrogens with zero attached hydrogens (tertiary/aromatic N) is 2. The number of furan rings is 1. The van der Waals surface area contributed by atoms with Gasteiger partial charge in [0.25, 0.3) is 5.91 Å². The summed E-state index contributed by atoms with van der Waals surface area (Å²) >= 11 is 0. The molecule has 144 valence electrons. The normalized spacial score (nSPS) is 18.0. The number of rotatable bonds is 6. The smallest absolute Gasteiger partial charge is 0.290 e. The van der Waals surface area contributed by atoms with Gasteiger partial charge in [0.1, 0.15) is 5.58 Å². The molecule has 1 aromatic heterocycles. The van der Waals surface area contributed by atoms with Crippen LogP contribution in [0.5, 0.6) is 0 Å². The number of fused-ring (bicyclic) bond motifs is 1. The lowest BCUT2D eigenvalue weighted by molar-refractivity contribution is -0.122. The molecular formula is C20H25N3O4. The van der Waals surface area contributed by atoms with Crippen molar-refractivity contribution in [1.82, 2.24) is 15.1 Å². The molecule has 1 aliphatic heterocycles. The van der Waals surface area contributed by atoms with Crippen LogP contribution in [0.3, 0.4) is 0 Å². The van der Waals surface area contributed by atoms with Gasteiger partial charge in [-0.1, -0.05) is 18.2 Å². The van der Waals surface area contributed by atoms with Crippen LogP contribution in [-0.4, -0.2) is 67.5 Å². The molecule has 4 rings (SSSR count). The average Bonchev–Trinajstić information content (AvgIpc) is 3.41. The van der Waals surface area contributed by atoms with Gasteiger partial charge < -0.3 is 19.4 Å². The minimum Gasteiger partial charge on any atom is -0.451 e. The first kappa shape index (κ1) is 18.0. The number of carbonyl (C=O) groups is 2. The van der Waals surface area contributed by atoms with E-state index in [1.807, 2.05) is 24.3 Å². The fourth-order valence-electron chi connectivity index (χ4n) is 3.52. The second-order valence-corrected chi connectivity index (χ2v) is 7.25. The molecule has 2 aliphatic rings. The minimum atomic E-state index is -0.111. The maximum atomic E-state index is 13.0. The van der Waals surface area contributed by atoms with Gasteiger partial charge in [-0.3, -0.25) is 14.5 Å². The number of hydrogen-bond acceptors (Lipinski definition) is 5. The van der Waals surface area contributed by atoms with Crippen LogP contribution in [0.15, 0.2) is 28.7 Å². The first-order chi connectivity index (χ1) is 13.2. The van der Waals surface area contributed by atoms with Crippen LogP contribution in [-0.2, 0) is 16.1 Å². The van der Waals surface area contributed by atoms with Crippen LogP contribution in [0, 0.1) is 0 Å². The zero-order valence-corrected chi connectivity index (χ0v) is 15.6. The number of benzene rings is 1. The van der Waals surface area contributed by atoms with E-state index < -0.39 is 0 Å². The number of nitrogens with one attached hydrogen (secondary N) is 1. The molecule has 1 saturated carbocycles. The van der Waals surface area contributed by atoms with Gasteiger partial charge >= 0.3 is 0 Å². The van der Waals surface area contributed by atoms with Crippen LogP contribution in [0.25, 0.3) is 11.0 Å². The van der Waals surface area contributed by atoms with Crippen molar-refractivity contribution in [1.29, 1.82) is 0 Å². The van der Waals surface area contributed by atoms with Gasteiger partial charge in [0.05, 0.1) is 13.2 Å². The summed E-state index contributed by atoms with van der Waals surface area (Å²) in [6.45, 7) is 3.27. The summed E-state index contributed by atoms with van der Waals surface area (Å²) in [5.74, 6) is 0.329. The molecule has 2 amide bonds. The van der Waals surface area contributed by atoms with E-state index in [-0.39, 0.29) is 11.8 Å². The molecule has 0 bridgehead atoms. The fraction of sp³-hybridized carbons (Fsp3) is 0.500. The summed E-state index contributed by atoms with van der Waals surface area (Å²) in [5, 5.41) is 3.92. The first-order valence-electron chi connectivity index (χ1n) is 9.46. The predicted molar refractivity (Wildman–Crippen MR) is 100 cm³/mol. The third-order valence-electron chi connectivity index (χ3n) is 5.15. The lowest BCUT2D eigenvalue weighted by Gasteiger charge is -2.34. The minimum absolute atomic E-state index is 0.0805. The summed E-state index contributed by atoms with van der Waals surface area (Å²) in [7, 11) is 1.61. The number of para-hydroxylation sites is 1. The highest BCUT2D eigenvalue weighted by molar-refractivity contribution is 5.99. The van der Waals surface area contributed by atoms with Gasteiger partial charge in [0.2, 0.25) is 5.91 Å². The fourth-order valence-corrected chi connectivity index (χ4v) is 3.52. The van der Waals surface area contributed by atoms with E-state index >= 15 is 0 Å². The van der Waals surface area contributed by atoms with Crippen molar-refractivity contribution >= 4 is 22.8 Å². The summed E-state index contributed by atoms with van der Waals surface area (Å²) < 4.78 is 11.1. The van der Waals surface area contributed by atoms with Crippen LogP contribution in [0.4, 0.5) is 0 Å². The summed E-state index contributed by atoms with van der Waals surface area (Å²) in [6, 6.07) is 8.01. The number of piperazine rings is 1. The predicted octanol–water partition coefficient (Wildman–Crippen LogP) is 1.62. The number of hydrogen-bond donors (Lipinski definition) is 1. The molecule has 0 radical (unpaired) electrons. The van der Waals surface area contributed by atoms with Gasteiger partial charge in [-0.15, -0.1) is 0 Å². The van der Waals surface area contributed by atoms with E-state index in [1.54, 1.807) is 12.0 Å². The zero-order valence-electron chi connectivity index (χ0n) is 15.6. The number of carbonyl (C=O) groups excluding carboxylic acids is 2. The Hall–Kier alpha value is -2.38. The van der Waals surface area contributed by atoms with E-state index in [0.29, 0.717) is 56.7 Å². The number of methoxy groups -OCH3 is 1. The molecule has 7 heteroatoms. The van der Waals surface area contributed by atoms with E-state index in [0.717, 1.165) is 23.8 Å². The molecule has 2 aromatic rings. The topological polar surface area (TPSA) is 75.0 Å². The van der Waals surface area contributed by atoms with Gasteiger partial charge in [0.15, 0.2) is 5.76 Å². The second-order valence-electron chi connectivity index (χ2n) is 7.25. The molecule has 1 aromatic carbocycles.